The van der Waals surface area contributed by atoms with Crippen LogP contribution >= 0.6 is 0 Å². The third-order valence-corrected chi connectivity index (χ3v) is 7.38. The average Bonchev–Trinajstić information content (AvgIpc) is 3.70. The quantitative estimate of drug-likeness (QED) is 0.290. The van der Waals surface area contributed by atoms with E-state index in [9.17, 15) is 14.0 Å². The monoisotopic (exact) mass is 569 g/mol. The number of fused-ring (bicyclic) bond motifs is 1. The number of rotatable bonds is 7. The SMILES string of the molecule is O=C(N[C@H]1N=C(c2ccccc2)c2cccc(F)c2NC1=O)c1cnn(C2COC2)c1-c1ccc(NC2CC2)nc1F. The predicted molar refractivity (Wildman–Crippen MR) is 150 cm³/mol. The molecule has 1 atom stereocenters. The van der Waals surface area contributed by atoms with Crippen LogP contribution in [0, 0.1) is 11.8 Å². The zero-order chi connectivity index (χ0) is 28.8. The van der Waals surface area contributed by atoms with E-state index in [4.69, 9.17) is 4.74 Å². The van der Waals surface area contributed by atoms with Crippen LogP contribution in [-0.4, -0.2) is 57.7 Å². The van der Waals surface area contributed by atoms with Crippen LogP contribution in [0.4, 0.5) is 20.3 Å². The zero-order valence-corrected chi connectivity index (χ0v) is 22.2. The van der Waals surface area contributed by atoms with E-state index in [-0.39, 0.29) is 34.6 Å². The summed E-state index contributed by atoms with van der Waals surface area (Å²) in [5.74, 6) is -2.43. The Kier molecular flexibility index (Phi) is 6.46. The summed E-state index contributed by atoms with van der Waals surface area (Å²) >= 11 is 0. The Hall–Kier alpha value is -4.97. The van der Waals surface area contributed by atoms with Crippen LogP contribution in [0.25, 0.3) is 11.3 Å². The fraction of sp³-hybridized carbons (Fsp3) is 0.233. The number of benzodiazepines with no additional fused rings is 1. The van der Waals surface area contributed by atoms with Crippen LogP contribution in [0.5, 0.6) is 0 Å². The number of nitrogens with one attached hydrogen (secondary N) is 3. The van der Waals surface area contributed by atoms with Crippen molar-refractivity contribution in [3.8, 4) is 11.3 Å². The maximum absolute atomic E-state index is 15.4. The molecule has 212 valence electrons. The molecule has 4 aromatic rings. The molecule has 12 heteroatoms. The van der Waals surface area contributed by atoms with Gasteiger partial charge in [-0.3, -0.25) is 14.3 Å². The minimum atomic E-state index is -1.42. The van der Waals surface area contributed by atoms with Crippen molar-refractivity contribution in [3.05, 3.63) is 95.3 Å². The molecule has 0 bridgehead atoms. The first-order valence-electron chi connectivity index (χ1n) is 13.6. The first-order valence-corrected chi connectivity index (χ1v) is 13.6. The standard InChI is InChI=1S/C30H25F2N7O3/c31-22-8-4-7-19-24(16-5-2-1-3-6-16)36-28(30(41)37-25(19)22)38-29(40)21-13-33-39(18-14-42-15-18)26(21)20-11-12-23(35-27(20)32)34-17-9-10-17/h1-8,11-13,17-18,28H,9-10,14-15H2,(H,34,35)(H,37,41)(H,38,40)/t28-/m1/s1. The van der Waals surface area contributed by atoms with Gasteiger partial charge in [0, 0.05) is 17.2 Å². The number of nitrogens with zero attached hydrogens (tertiary/aromatic N) is 4. The van der Waals surface area contributed by atoms with Gasteiger partial charge in [-0.05, 0) is 31.0 Å². The molecule has 0 radical (unpaired) electrons. The summed E-state index contributed by atoms with van der Waals surface area (Å²) in [4.78, 5) is 35.7. The normalized spacial score (nSPS) is 18.3. The smallest absolute Gasteiger partial charge is 0.269 e. The van der Waals surface area contributed by atoms with Gasteiger partial charge in [0.1, 0.15) is 11.6 Å². The number of para-hydroxylation sites is 1. The van der Waals surface area contributed by atoms with Gasteiger partial charge in [-0.2, -0.15) is 9.49 Å². The Bertz CT molecular complexity index is 1730. The molecule has 3 N–H and O–H groups in total. The number of aliphatic imine (C=N–C) groups is 1. The highest BCUT2D eigenvalue weighted by molar-refractivity contribution is 6.20. The van der Waals surface area contributed by atoms with Crippen molar-refractivity contribution < 1.29 is 23.1 Å². The van der Waals surface area contributed by atoms with Crippen molar-refractivity contribution in [2.75, 3.05) is 23.8 Å². The number of hydrogen-bond acceptors (Lipinski definition) is 7. The first-order chi connectivity index (χ1) is 20.5. The minimum Gasteiger partial charge on any atom is -0.377 e. The van der Waals surface area contributed by atoms with E-state index in [0.717, 1.165) is 12.8 Å². The number of halogens is 2. The summed E-state index contributed by atoms with van der Waals surface area (Å²) in [6.45, 7) is 0.706. The first kappa shape index (κ1) is 26.0. The van der Waals surface area contributed by atoms with Crippen LogP contribution < -0.4 is 16.0 Å². The second kappa shape index (κ2) is 10.5. The number of carbonyl (C=O) groups excluding carboxylic acids is 2. The van der Waals surface area contributed by atoms with Crippen LogP contribution in [0.1, 0.15) is 40.4 Å². The van der Waals surface area contributed by atoms with Gasteiger partial charge >= 0.3 is 0 Å². The molecule has 2 aliphatic heterocycles. The number of amides is 2. The molecule has 2 aromatic heterocycles. The molecule has 1 saturated heterocycles. The molecule has 0 spiro atoms. The highest BCUT2D eigenvalue weighted by atomic mass is 19.1. The average molecular weight is 570 g/mol. The van der Waals surface area contributed by atoms with Crippen LogP contribution in [-0.2, 0) is 9.53 Å². The van der Waals surface area contributed by atoms with E-state index >= 15 is 4.39 Å². The summed E-state index contributed by atoms with van der Waals surface area (Å²) in [6.07, 6.45) is 1.91. The molecule has 42 heavy (non-hydrogen) atoms. The molecular formula is C30H25F2N7O3. The van der Waals surface area contributed by atoms with E-state index in [2.05, 4.69) is 31.0 Å². The molecule has 0 unspecified atom stereocenters. The predicted octanol–water partition coefficient (Wildman–Crippen LogP) is 3.91. The van der Waals surface area contributed by atoms with Gasteiger partial charge < -0.3 is 20.7 Å². The van der Waals surface area contributed by atoms with E-state index < -0.39 is 29.7 Å². The zero-order valence-electron chi connectivity index (χ0n) is 22.2. The number of aromatic nitrogens is 3. The van der Waals surface area contributed by atoms with Gasteiger partial charge in [0.2, 0.25) is 12.1 Å². The van der Waals surface area contributed by atoms with Crippen LogP contribution in [0.2, 0.25) is 0 Å². The van der Waals surface area contributed by atoms with Crippen molar-refractivity contribution in [1.82, 2.24) is 20.1 Å². The molecule has 1 aliphatic carbocycles. The number of hydrogen-bond donors (Lipinski definition) is 3. The van der Waals surface area contributed by atoms with Crippen molar-refractivity contribution in [2.24, 2.45) is 4.99 Å². The second-order valence-corrected chi connectivity index (χ2v) is 10.4. The Morgan fingerprint density at radius 3 is 2.52 bits per heavy atom. The molecule has 4 heterocycles. The van der Waals surface area contributed by atoms with Gasteiger partial charge in [-0.1, -0.05) is 42.5 Å². The van der Waals surface area contributed by atoms with Gasteiger partial charge in [-0.15, -0.1) is 0 Å². The summed E-state index contributed by atoms with van der Waals surface area (Å²) in [7, 11) is 0. The number of carbonyl (C=O) groups is 2. The number of pyridine rings is 1. The molecule has 2 aromatic carbocycles. The Balaban J connectivity index is 1.25. The highest BCUT2D eigenvalue weighted by Crippen LogP contribution is 2.33. The van der Waals surface area contributed by atoms with Gasteiger partial charge in [0.25, 0.3) is 11.8 Å². The number of anilines is 2. The third-order valence-electron chi connectivity index (χ3n) is 7.38. The molecule has 2 fully saturated rings. The molecule has 10 nitrogen and oxygen atoms in total. The maximum atomic E-state index is 15.4. The van der Waals surface area contributed by atoms with Crippen molar-refractivity contribution in [2.45, 2.75) is 31.1 Å². The van der Waals surface area contributed by atoms with E-state index in [1.807, 2.05) is 6.07 Å². The molecule has 7 rings (SSSR count). The van der Waals surface area contributed by atoms with Crippen LogP contribution in [0.3, 0.4) is 0 Å². The Morgan fingerprint density at radius 1 is 1.00 bits per heavy atom. The molecule has 1 saturated carbocycles. The van der Waals surface area contributed by atoms with Crippen molar-refractivity contribution in [1.29, 1.82) is 0 Å². The van der Waals surface area contributed by atoms with Gasteiger partial charge in [0.15, 0.2) is 0 Å². The van der Waals surface area contributed by atoms with Gasteiger partial charge in [-0.25, -0.2) is 14.4 Å². The van der Waals surface area contributed by atoms with Crippen molar-refractivity contribution >= 4 is 29.0 Å². The van der Waals surface area contributed by atoms with Crippen LogP contribution in [0.15, 0.2) is 71.9 Å². The lowest BCUT2D eigenvalue weighted by Crippen LogP contribution is -2.42. The topological polar surface area (TPSA) is 123 Å². The Labute approximate surface area is 238 Å². The summed E-state index contributed by atoms with van der Waals surface area (Å²) in [5, 5.41) is 12.7. The summed E-state index contributed by atoms with van der Waals surface area (Å²) < 4.78 is 37.1. The van der Waals surface area contributed by atoms with E-state index in [1.54, 1.807) is 47.1 Å². The number of ether oxygens (including phenoxy) is 1. The fourth-order valence-electron chi connectivity index (χ4n) is 4.99. The molecule has 2 amide bonds. The van der Waals surface area contributed by atoms with Gasteiger partial charge in [0.05, 0.1) is 53.7 Å². The third kappa shape index (κ3) is 4.79. The van der Waals surface area contributed by atoms with E-state index in [1.165, 1.54) is 18.3 Å². The van der Waals surface area contributed by atoms with E-state index in [0.29, 0.717) is 35.9 Å². The summed E-state index contributed by atoms with van der Waals surface area (Å²) in [5.41, 5.74) is 1.62. The maximum Gasteiger partial charge on any atom is 0.269 e. The summed E-state index contributed by atoms with van der Waals surface area (Å²) in [6, 6.07) is 16.7. The fourth-order valence-corrected chi connectivity index (χ4v) is 4.99. The van der Waals surface area contributed by atoms with Crippen molar-refractivity contribution in [3.63, 3.8) is 0 Å². The Morgan fingerprint density at radius 2 is 1.81 bits per heavy atom. The lowest BCUT2D eigenvalue weighted by atomic mass is 10.0. The molecule has 3 aliphatic rings. The molecular weight excluding hydrogens is 544 g/mol. The lowest BCUT2D eigenvalue weighted by molar-refractivity contribution is -0.117. The highest BCUT2D eigenvalue weighted by Gasteiger charge is 2.33. The number of benzene rings is 2. The minimum absolute atomic E-state index is 0.0303. The lowest BCUT2D eigenvalue weighted by Gasteiger charge is -2.28. The second-order valence-electron chi connectivity index (χ2n) is 10.4. The largest absolute Gasteiger partial charge is 0.377 e.